The Labute approximate surface area is 149 Å². The van der Waals surface area contributed by atoms with Crippen LogP contribution in [0.2, 0.25) is 0 Å². The predicted octanol–water partition coefficient (Wildman–Crippen LogP) is 3.21. The van der Waals surface area contributed by atoms with E-state index in [1.807, 2.05) is 21.9 Å². The van der Waals surface area contributed by atoms with Crippen molar-refractivity contribution in [1.29, 1.82) is 0 Å². The highest BCUT2D eigenvalue weighted by molar-refractivity contribution is 5.76. The molecule has 1 spiro atoms. The zero-order valence-electron chi connectivity index (χ0n) is 15.2. The molecule has 1 atom stereocenters. The van der Waals surface area contributed by atoms with E-state index in [4.69, 9.17) is 9.15 Å². The number of amides is 2. The van der Waals surface area contributed by atoms with Crippen LogP contribution in [0.15, 0.2) is 22.8 Å². The molecular weight excluding hydrogens is 320 g/mol. The highest BCUT2D eigenvalue weighted by atomic mass is 16.6. The monoisotopic (exact) mass is 348 g/mol. The van der Waals surface area contributed by atoms with Crippen LogP contribution in [0.3, 0.4) is 0 Å². The molecular formula is C19H28N2O4. The van der Waals surface area contributed by atoms with E-state index in [2.05, 4.69) is 13.8 Å². The number of nitrogens with zero attached hydrogens (tertiary/aromatic N) is 2. The number of ether oxygens (including phenoxy) is 1. The lowest BCUT2D eigenvalue weighted by Crippen LogP contribution is -2.49. The van der Waals surface area contributed by atoms with Crippen molar-refractivity contribution >= 4 is 12.0 Å². The minimum Gasteiger partial charge on any atom is -0.469 e. The SMILES string of the molecule is CCC[C@H](C)N1CC2(CCN(C(=O)CCc3ccco3)CC2)OC1=O. The summed E-state index contributed by atoms with van der Waals surface area (Å²) in [6.07, 6.45) is 6.01. The zero-order chi connectivity index (χ0) is 17.9. The van der Waals surface area contributed by atoms with Gasteiger partial charge in [-0.25, -0.2) is 4.79 Å². The standard InChI is InChI=1S/C19H28N2O4/c1-3-5-15(2)21-14-19(25-18(21)23)9-11-20(12-10-19)17(22)8-7-16-6-4-13-24-16/h4,6,13,15H,3,5,7-12,14H2,1-2H3/t15-/m0/s1. The molecule has 1 aromatic rings. The summed E-state index contributed by atoms with van der Waals surface area (Å²) in [5, 5.41) is 0. The number of furan rings is 1. The molecule has 6 nitrogen and oxygen atoms in total. The van der Waals surface area contributed by atoms with E-state index in [0.717, 1.165) is 31.4 Å². The van der Waals surface area contributed by atoms with E-state index in [0.29, 0.717) is 32.5 Å². The van der Waals surface area contributed by atoms with Gasteiger partial charge in [-0.05, 0) is 25.5 Å². The number of aryl methyl sites for hydroxylation is 1. The number of carbonyl (C=O) groups excluding carboxylic acids is 2. The molecule has 6 heteroatoms. The normalized spacial score (nSPS) is 20.8. The molecule has 2 aliphatic rings. The van der Waals surface area contributed by atoms with Gasteiger partial charge in [0.05, 0.1) is 12.8 Å². The van der Waals surface area contributed by atoms with E-state index in [9.17, 15) is 9.59 Å². The summed E-state index contributed by atoms with van der Waals surface area (Å²) in [5.74, 6) is 0.985. The van der Waals surface area contributed by atoms with Crippen molar-refractivity contribution in [3.05, 3.63) is 24.2 Å². The van der Waals surface area contributed by atoms with Crippen LogP contribution in [0, 0.1) is 0 Å². The third-order valence-corrected chi connectivity index (χ3v) is 5.43. The number of carbonyl (C=O) groups is 2. The number of rotatable bonds is 6. The smallest absolute Gasteiger partial charge is 0.410 e. The Bertz CT molecular complexity index is 591. The van der Waals surface area contributed by atoms with Gasteiger partial charge >= 0.3 is 6.09 Å². The first-order chi connectivity index (χ1) is 12.0. The number of likely N-dealkylation sites (tertiary alicyclic amines) is 1. The molecule has 138 valence electrons. The average molecular weight is 348 g/mol. The van der Waals surface area contributed by atoms with Crippen LogP contribution in [-0.2, 0) is 16.0 Å². The van der Waals surface area contributed by atoms with Crippen molar-refractivity contribution in [3.63, 3.8) is 0 Å². The fourth-order valence-corrected chi connectivity index (χ4v) is 3.83. The first-order valence-corrected chi connectivity index (χ1v) is 9.33. The molecule has 2 amide bonds. The van der Waals surface area contributed by atoms with Crippen LogP contribution in [0.4, 0.5) is 4.79 Å². The average Bonchev–Trinajstić information content (AvgIpc) is 3.22. The van der Waals surface area contributed by atoms with Gasteiger partial charge in [-0.1, -0.05) is 13.3 Å². The fraction of sp³-hybridized carbons (Fsp3) is 0.684. The Kier molecular flexibility index (Phi) is 5.35. The topological polar surface area (TPSA) is 63.0 Å². The van der Waals surface area contributed by atoms with Crippen LogP contribution in [0.25, 0.3) is 0 Å². The Morgan fingerprint density at radius 3 is 2.76 bits per heavy atom. The van der Waals surface area contributed by atoms with Crippen molar-refractivity contribution < 1.29 is 18.7 Å². The molecule has 3 rings (SSSR count). The maximum atomic E-state index is 12.4. The molecule has 0 unspecified atom stereocenters. The van der Waals surface area contributed by atoms with Crippen molar-refractivity contribution in [2.45, 2.75) is 64.0 Å². The van der Waals surface area contributed by atoms with Crippen LogP contribution in [-0.4, -0.2) is 53.1 Å². The van der Waals surface area contributed by atoms with Gasteiger partial charge in [0, 0.05) is 44.8 Å². The summed E-state index contributed by atoms with van der Waals surface area (Å²) in [7, 11) is 0. The summed E-state index contributed by atoms with van der Waals surface area (Å²) in [4.78, 5) is 28.4. The molecule has 0 aromatic carbocycles. The second-order valence-electron chi connectivity index (χ2n) is 7.28. The minimum absolute atomic E-state index is 0.145. The second kappa shape index (κ2) is 7.50. The molecule has 1 aromatic heterocycles. The van der Waals surface area contributed by atoms with E-state index >= 15 is 0 Å². The minimum atomic E-state index is -0.406. The van der Waals surface area contributed by atoms with Crippen molar-refractivity contribution in [1.82, 2.24) is 9.80 Å². The summed E-state index contributed by atoms with van der Waals surface area (Å²) in [6, 6.07) is 3.94. The Morgan fingerprint density at radius 2 is 2.12 bits per heavy atom. The molecule has 0 N–H and O–H groups in total. The van der Waals surface area contributed by atoms with Crippen LogP contribution in [0.1, 0.15) is 51.7 Å². The Balaban J connectivity index is 1.49. The molecule has 2 aliphatic heterocycles. The molecule has 0 saturated carbocycles. The maximum Gasteiger partial charge on any atom is 0.410 e. The van der Waals surface area contributed by atoms with Crippen molar-refractivity contribution in [2.24, 2.45) is 0 Å². The van der Waals surface area contributed by atoms with E-state index in [1.54, 1.807) is 6.26 Å². The number of hydrogen-bond acceptors (Lipinski definition) is 4. The third kappa shape index (κ3) is 3.99. The number of piperidine rings is 1. The van der Waals surface area contributed by atoms with Gasteiger partial charge < -0.3 is 19.0 Å². The summed E-state index contributed by atoms with van der Waals surface area (Å²) >= 11 is 0. The zero-order valence-corrected chi connectivity index (χ0v) is 15.2. The molecule has 2 saturated heterocycles. The van der Waals surface area contributed by atoms with Crippen LogP contribution in [0.5, 0.6) is 0 Å². The molecule has 3 heterocycles. The summed E-state index contributed by atoms with van der Waals surface area (Å²) < 4.78 is 11.0. The highest BCUT2D eigenvalue weighted by Gasteiger charge is 2.48. The highest BCUT2D eigenvalue weighted by Crippen LogP contribution is 2.34. The molecule has 2 fully saturated rings. The molecule has 25 heavy (non-hydrogen) atoms. The van der Waals surface area contributed by atoms with Gasteiger partial charge in [0.15, 0.2) is 0 Å². The lowest BCUT2D eigenvalue weighted by Gasteiger charge is -2.37. The maximum absolute atomic E-state index is 12.4. The lowest BCUT2D eigenvalue weighted by molar-refractivity contribution is -0.134. The molecule has 0 radical (unpaired) electrons. The predicted molar refractivity (Wildman–Crippen MR) is 93.1 cm³/mol. The summed E-state index contributed by atoms with van der Waals surface area (Å²) in [6.45, 7) is 6.17. The van der Waals surface area contributed by atoms with Gasteiger partial charge in [0.2, 0.25) is 5.91 Å². The van der Waals surface area contributed by atoms with Gasteiger partial charge in [0.1, 0.15) is 11.4 Å². The fourth-order valence-electron chi connectivity index (χ4n) is 3.83. The number of hydrogen-bond donors (Lipinski definition) is 0. The second-order valence-corrected chi connectivity index (χ2v) is 7.28. The van der Waals surface area contributed by atoms with E-state index in [1.165, 1.54) is 0 Å². The van der Waals surface area contributed by atoms with Gasteiger partial charge in [-0.3, -0.25) is 4.79 Å². The Hall–Kier alpha value is -1.98. The van der Waals surface area contributed by atoms with Crippen LogP contribution >= 0.6 is 0 Å². The largest absolute Gasteiger partial charge is 0.469 e. The van der Waals surface area contributed by atoms with E-state index < -0.39 is 5.60 Å². The van der Waals surface area contributed by atoms with E-state index in [-0.39, 0.29) is 18.0 Å². The third-order valence-electron chi connectivity index (χ3n) is 5.43. The van der Waals surface area contributed by atoms with Crippen molar-refractivity contribution in [2.75, 3.05) is 19.6 Å². The lowest BCUT2D eigenvalue weighted by atomic mass is 9.90. The quantitative estimate of drug-likeness (QED) is 0.792. The molecule has 0 aliphatic carbocycles. The van der Waals surface area contributed by atoms with Gasteiger partial charge in [-0.2, -0.15) is 0 Å². The molecule has 0 bridgehead atoms. The van der Waals surface area contributed by atoms with Gasteiger partial charge in [0.25, 0.3) is 0 Å². The van der Waals surface area contributed by atoms with Crippen LogP contribution < -0.4 is 0 Å². The first-order valence-electron chi connectivity index (χ1n) is 9.33. The summed E-state index contributed by atoms with van der Waals surface area (Å²) in [5.41, 5.74) is -0.406. The van der Waals surface area contributed by atoms with Crippen molar-refractivity contribution in [3.8, 4) is 0 Å². The first kappa shape index (κ1) is 17.8. The van der Waals surface area contributed by atoms with Gasteiger partial charge in [-0.15, -0.1) is 0 Å². The Morgan fingerprint density at radius 1 is 1.36 bits per heavy atom.